The minimum atomic E-state index is -0.549. The van der Waals surface area contributed by atoms with Crippen LogP contribution >= 0.6 is 0 Å². The van der Waals surface area contributed by atoms with Gasteiger partial charge in [-0.15, -0.1) is 0 Å². The van der Waals surface area contributed by atoms with Crippen molar-refractivity contribution in [3.8, 4) is 5.75 Å². The van der Waals surface area contributed by atoms with Crippen LogP contribution in [0.3, 0.4) is 0 Å². The fourth-order valence-corrected chi connectivity index (χ4v) is 3.01. The van der Waals surface area contributed by atoms with Crippen LogP contribution in [-0.2, 0) is 16.0 Å². The van der Waals surface area contributed by atoms with E-state index in [4.69, 9.17) is 0 Å². The maximum absolute atomic E-state index is 12.5. The largest absolute Gasteiger partial charge is 0.506 e. The van der Waals surface area contributed by atoms with Gasteiger partial charge in [0.05, 0.1) is 5.69 Å². The summed E-state index contributed by atoms with van der Waals surface area (Å²) in [4.78, 5) is 24.1. The lowest BCUT2D eigenvalue weighted by atomic mass is 10.0. The minimum absolute atomic E-state index is 0.0186. The Kier molecular flexibility index (Phi) is 5.33. The van der Waals surface area contributed by atoms with Gasteiger partial charge in [-0.3, -0.25) is 9.59 Å². The van der Waals surface area contributed by atoms with Gasteiger partial charge in [0.1, 0.15) is 11.8 Å². The molecule has 2 aromatic rings. The van der Waals surface area contributed by atoms with Crippen LogP contribution < -0.4 is 10.6 Å². The molecule has 5 heteroatoms. The molecule has 0 radical (unpaired) electrons. The third-order valence-corrected chi connectivity index (χ3v) is 4.37. The SMILES string of the molecule is O=C1CCCC[C@@H](C(=O)Nc2cc(Cc3ccccc3)ccc2O)N1. The monoisotopic (exact) mass is 338 g/mol. The number of aromatic hydroxyl groups is 1. The van der Waals surface area contributed by atoms with Crippen molar-refractivity contribution in [3.05, 3.63) is 59.7 Å². The highest BCUT2D eigenvalue weighted by Crippen LogP contribution is 2.26. The van der Waals surface area contributed by atoms with Gasteiger partial charge in [-0.1, -0.05) is 42.8 Å². The predicted octanol–water partition coefficient (Wildman–Crippen LogP) is 2.98. The number of hydrogen-bond acceptors (Lipinski definition) is 3. The van der Waals surface area contributed by atoms with Gasteiger partial charge in [0.2, 0.25) is 11.8 Å². The van der Waals surface area contributed by atoms with E-state index in [9.17, 15) is 14.7 Å². The van der Waals surface area contributed by atoms with E-state index < -0.39 is 6.04 Å². The molecule has 1 aliphatic rings. The molecule has 130 valence electrons. The zero-order valence-corrected chi connectivity index (χ0v) is 14.0. The molecule has 3 rings (SSSR count). The van der Waals surface area contributed by atoms with Crippen molar-refractivity contribution in [1.82, 2.24) is 5.32 Å². The number of nitrogens with one attached hydrogen (secondary N) is 2. The van der Waals surface area contributed by atoms with Gasteiger partial charge in [-0.2, -0.15) is 0 Å². The van der Waals surface area contributed by atoms with Gasteiger partial charge < -0.3 is 15.7 Å². The van der Waals surface area contributed by atoms with Gasteiger partial charge >= 0.3 is 0 Å². The summed E-state index contributed by atoms with van der Waals surface area (Å²) in [5.74, 6) is -0.368. The van der Waals surface area contributed by atoms with Crippen molar-refractivity contribution in [3.63, 3.8) is 0 Å². The Morgan fingerprint density at radius 2 is 1.92 bits per heavy atom. The quantitative estimate of drug-likeness (QED) is 0.750. The summed E-state index contributed by atoms with van der Waals surface area (Å²) in [6.45, 7) is 0. The van der Waals surface area contributed by atoms with E-state index in [1.54, 1.807) is 12.1 Å². The molecule has 1 saturated heterocycles. The topological polar surface area (TPSA) is 78.4 Å². The van der Waals surface area contributed by atoms with E-state index in [1.807, 2.05) is 36.4 Å². The predicted molar refractivity (Wildman–Crippen MR) is 96.4 cm³/mol. The molecule has 2 aromatic carbocycles. The molecule has 5 nitrogen and oxygen atoms in total. The summed E-state index contributed by atoms with van der Waals surface area (Å²) in [7, 11) is 0. The molecule has 1 atom stereocenters. The van der Waals surface area contributed by atoms with Crippen LogP contribution in [0.15, 0.2) is 48.5 Å². The van der Waals surface area contributed by atoms with Gasteiger partial charge in [-0.05, 0) is 42.5 Å². The number of benzene rings is 2. The van der Waals surface area contributed by atoms with E-state index in [1.165, 1.54) is 0 Å². The molecule has 2 amide bonds. The van der Waals surface area contributed by atoms with Crippen molar-refractivity contribution < 1.29 is 14.7 Å². The molecule has 0 saturated carbocycles. The molecular formula is C20H22N2O3. The van der Waals surface area contributed by atoms with Gasteiger partial charge in [0.25, 0.3) is 0 Å². The van der Waals surface area contributed by atoms with Crippen molar-refractivity contribution in [2.24, 2.45) is 0 Å². The number of carbonyl (C=O) groups excluding carboxylic acids is 2. The molecule has 0 aliphatic carbocycles. The number of rotatable bonds is 4. The van der Waals surface area contributed by atoms with Crippen molar-refractivity contribution in [2.45, 2.75) is 38.1 Å². The van der Waals surface area contributed by atoms with Crippen LogP contribution in [0.2, 0.25) is 0 Å². The number of phenols is 1. The highest BCUT2D eigenvalue weighted by atomic mass is 16.3. The Bertz CT molecular complexity index is 759. The first kappa shape index (κ1) is 17.0. The first-order valence-electron chi connectivity index (χ1n) is 8.58. The number of amides is 2. The molecule has 0 bridgehead atoms. The molecule has 1 aliphatic heterocycles. The van der Waals surface area contributed by atoms with E-state index in [0.29, 0.717) is 24.9 Å². The summed E-state index contributed by atoms with van der Waals surface area (Å²) in [6.07, 6.45) is 3.41. The second kappa shape index (κ2) is 7.83. The normalized spacial score (nSPS) is 17.4. The van der Waals surface area contributed by atoms with E-state index >= 15 is 0 Å². The second-order valence-corrected chi connectivity index (χ2v) is 6.37. The Hall–Kier alpha value is -2.82. The highest BCUT2D eigenvalue weighted by Gasteiger charge is 2.23. The standard InChI is InChI=1S/C20H22N2O3/c23-18-11-10-15(12-14-6-2-1-3-7-14)13-17(18)22-20(25)16-8-4-5-9-19(24)21-16/h1-3,6-7,10-11,13,16,23H,4-5,8-9,12H2,(H,21,24)(H,22,25)/t16-/m0/s1. The fourth-order valence-electron chi connectivity index (χ4n) is 3.01. The number of carbonyl (C=O) groups is 2. The van der Waals surface area contributed by atoms with Crippen LogP contribution in [0.5, 0.6) is 5.75 Å². The zero-order chi connectivity index (χ0) is 17.6. The number of hydrogen-bond donors (Lipinski definition) is 3. The van der Waals surface area contributed by atoms with Crippen molar-refractivity contribution in [1.29, 1.82) is 0 Å². The van der Waals surface area contributed by atoms with Gasteiger partial charge in [0.15, 0.2) is 0 Å². The number of phenolic OH excluding ortho intramolecular Hbond substituents is 1. The zero-order valence-electron chi connectivity index (χ0n) is 14.0. The molecule has 0 aromatic heterocycles. The van der Waals surface area contributed by atoms with E-state index in [2.05, 4.69) is 10.6 Å². The van der Waals surface area contributed by atoms with Crippen molar-refractivity contribution in [2.75, 3.05) is 5.32 Å². The van der Waals surface area contributed by atoms with Crippen LogP contribution in [0.4, 0.5) is 5.69 Å². The molecule has 1 fully saturated rings. The first-order chi connectivity index (χ1) is 12.1. The van der Waals surface area contributed by atoms with Crippen LogP contribution in [0.25, 0.3) is 0 Å². The molecule has 25 heavy (non-hydrogen) atoms. The lowest BCUT2D eigenvalue weighted by Crippen LogP contribution is -2.42. The number of anilines is 1. The van der Waals surface area contributed by atoms with E-state index in [-0.39, 0.29) is 17.6 Å². The lowest BCUT2D eigenvalue weighted by molar-refractivity contribution is -0.126. The Morgan fingerprint density at radius 3 is 2.72 bits per heavy atom. The Balaban J connectivity index is 1.72. The summed E-state index contributed by atoms with van der Waals surface area (Å²) >= 11 is 0. The molecule has 0 unspecified atom stereocenters. The maximum atomic E-state index is 12.5. The molecule has 0 spiro atoms. The highest BCUT2D eigenvalue weighted by molar-refractivity contribution is 5.98. The molecular weight excluding hydrogens is 316 g/mol. The van der Waals surface area contributed by atoms with E-state index in [0.717, 1.165) is 24.0 Å². The molecule has 1 heterocycles. The Morgan fingerprint density at radius 1 is 1.12 bits per heavy atom. The second-order valence-electron chi connectivity index (χ2n) is 6.37. The molecule has 3 N–H and O–H groups in total. The smallest absolute Gasteiger partial charge is 0.247 e. The van der Waals surface area contributed by atoms with Crippen LogP contribution in [0.1, 0.15) is 36.8 Å². The van der Waals surface area contributed by atoms with Crippen LogP contribution in [-0.4, -0.2) is 23.0 Å². The first-order valence-corrected chi connectivity index (χ1v) is 8.58. The lowest BCUT2D eigenvalue weighted by Gasteiger charge is -2.17. The fraction of sp³-hybridized carbons (Fsp3) is 0.300. The minimum Gasteiger partial charge on any atom is -0.506 e. The summed E-state index contributed by atoms with van der Waals surface area (Å²) in [6, 6.07) is 14.6. The maximum Gasteiger partial charge on any atom is 0.247 e. The average molecular weight is 338 g/mol. The summed E-state index contributed by atoms with van der Waals surface area (Å²) in [5.41, 5.74) is 2.52. The average Bonchev–Trinajstić information content (AvgIpc) is 2.83. The third-order valence-electron chi connectivity index (χ3n) is 4.37. The van der Waals surface area contributed by atoms with Gasteiger partial charge in [-0.25, -0.2) is 0 Å². The van der Waals surface area contributed by atoms with Crippen molar-refractivity contribution >= 4 is 17.5 Å². The van der Waals surface area contributed by atoms with Gasteiger partial charge in [0, 0.05) is 6.42 Å². The Labute approximate surface area is 147 Å². The summed E-state index contributed by atoms with van der Waals surface area (Å²) in [5, 5.41) is 15.5. The van der Waals surface area contributed by atoms with Crippen LogP contribution in [0, 0.1) is 0 Å². The summed E-state index contributed by atoms with van der Waals surface area (Å²) < 4.78 is 0. The third kappa shape index (κ3) is 4.59.